The number of hydrogen-bond acceptors (Lipinski definition) is 9. The second-order valence-corrected chi connectivity index (χ2v) is 6.63. The first-order chi connectivity index (χ1) is 14.5. The van der Waals surface area contributed by atoms with Crippen LogP contribution in [0.15, 0.2) is 0 Å². The molecular formula is C17H27N3O11. The van der Waals surface area contributed by atoms with Gasteiger partial charge in [0.1, 0.15) is 12.3 Å². The number of hydrogen-bond donors (Lipinski definition) is 5. The fourth-order valence-electron chi connectivity index (χ4n) is 2.84. The number of carboxylic acids is 5. The summed E-state index contributed by atoms with van der Waals surface area (Å²) in [6.07, 6.45) is 0.348. The average molecular weight is 449 g/mol. The minimum absolute atomic E-state index is 0.0879. The van der Waals surface area contributed by atoms with Gasteiger partial charge in [-0.15, -0.1) is 0 Å². The lowest BCUT2D eigenvalue weighted by molar-refractivity contribution is -0.146. The molecule has 0 spiro atoms. The van der Waals surface area contributed by atoms with Crippen molar-refractivity contribution >= 4 is 36.1 Å². The number of carbonyl (C=O) groups excluding carboxylic acids is 1. The van der Waals surface area contributed by atoms with E-state index in [1.165, 1.54) is 4.90 Å². The van der Waals surface area contributed by atoms with Gasteiger partial charge in [0, 0.05) is 32.6 Å². The van der Waals surface area contributed by atoms with Crippen LogP contribution in [-0.4, -0.2) is 135 Å². The minimum atomic E-state index is -1.28. The molecular weight excluding hydrogens is 422 g/mol. The fourth-order valence-corrected chi connectivity index (χ4v) is 2.84. The summed E-state index contributed by atoms with van der Waals surface area (Å²) in [7, 11) is 0. The van der Waals surface area contributed by atoms with E-state index in [9.17, 15) is 33.9 Å². The number of carbonyl (C=O) groups is 6. The molecule has 176 valence electrons. The van der Waals surface area contributed by atoms with Gasteiger partial charge in [-0.25, -0.2) is 0 Å². The topological polar surface area (TPSA) is 213 Å². The van der Waals surface area contributed by atoms with E-state index in [-0.39, 0.29) is 39.0 Å². The third-order valence-corrected chi connectivity index (χ3v) is 4.13. The SMILES string of the molecule is O=CCC[C@@H](C(=O)O)N(CCN(CC(=O)O)CC(=O)O)CCN(CC(=O)O)CC(=O)O. The molecule has 31 heavy (non-hydrogen) atoms. The first-order valence-corrected chi connectivity index (χ1v) is 9.18. The molecule has 0 fully saturated rings. The molecule has 14 nitrogen and oxygen atoms in total. The number of carboxylic acid groups (broad SMARTS) is 5. The summed E-state index contributed by atoms with van der Waals surface area (Å²) >= 11 is 0. The van der Waals surface area contributed by atoms with Crippen molar-refractivity contribution in [1.82, 2.24) is 14.7 Å². The van der Waals surface area contributed by atoms with Gasteiger partial charge >= 0.3 is 29.8 Å². The highest BCUT2D eigenvalue weighted by Gasteiger charge is 2.27. The lowest BCUT2D eigenvalue weighted by Crippen LogP contribution is -2.50. The van der Waals surface area contributed by atoms with Crippen LogP contribution in [0.25, 0.3) is 0 Å². The average Bonchev–Trinajstić information content (AvgIpc) is 2.60. The Kier molecular flexibility index (Phi) is 13.3. The van der Waals surface area contributed by atoms with Crippen LogP contribution in [0.3, 0.4) is 0 Å². The van der Waals surface area contributed by atoms with Gasteiger partial charge in [-0.1, -0.05) is 0 Å². The van der Waals surface area contributed by atoms with Gasteiger partial charge in [0.15, 0.2) is 0 Å². The zero-order valence-corrected chi connectivity index (χ0v) is 16.8. The maximum atomic E-state index is 11.7. The maximum Gasteiger partial charge on any atom is 0.320 e. The maximum absolute atomic E-state index is 11.7. The molecule has 0 radical (unpaired) electrons. The number of nitrogens with zero attached hydrogens (tertiary/aromatic N) is 3. The van der Waals surface area contributed by atoms with E-state index >= 15 is 0 Å². The second-order valence-electron chi connectivity index (χ2n) is 6.63. The minimum Gasteiger partial charge on any atom is -0.480 e. The quantitative estimate of drug-likeness (QED) is 0.131. The summed E-state index contributed by atoms with van der Waals surface area (Å²) < 4.78 is 0. The third-order valence-electron chi connectivity index (χ3n) is 4.13. The molecule has 0 unspecified atom stereocenters. The van der Waals surface area contributed by atoms with Gasteiger partial charge in [0.25, 0.3) is 0 Å². The first-order valence-electron chi connectivity index (χ1n) is 9.18. The van der Waals surface area contributed by atoms with Gasteiger partial charge in [-0.05, 0) is 6.42 Å². The predicted octanol–water partition coefficient (Wildman–Crippen LogP) is -2.34. The van der Waals surface area contributed by atoms with Crippen molar-refractivity contribution in [1.29, 1.82) is 0 Å². The van der Waals surface area contributed by atoms with Gasteiger partial charge in [-0.2, -0.15) is 0 Å². The molecule has 0 aliphatic heterocycles. The summed E-state index contributed by atoms with van der Waals surface area (Å²) in [5.74, 6) is -6.40. The third kappa shape index (κ3) is 13.7. The fraction of sp³-hybridized carbons (Fsp3) is 0.647. The Morgan fingerprint density at radius 2 is 1.00 bits per heavy atom. The summed E-state index contributed by atoms with van der Waals surface area (Å²) in [6, 6.07) is -1.20. The largest absolute Gasteiger partial charge is 0.480 e. The Morgan fingerprint density at radius 1 is 0.645 bits per heavy atom. The monoisotopic (exact) mass is 449 g/mol. The molecule has 5 N–H and O–H groups in total. The van der Waals surface area contributed by atoms with Crippen LogP contribution in [0, 0.1) is 0 Å². The van der Waals surface area contributed by atoms with E-state index < -0.39 is 62.1 Å². The summed E-state index contributed by atoms with van der Waals surface area (Å²) in [5.41, 5.74) is 0. The van der Waals surface area contributed by atoms with Crippen LogP contribution in [0.2, 0.25) is 0 Å². The molecule has 0 aliphatic rings. The summed E-state index contributed by atoms with van der Waals surface area (Å²) in [6.45, 7) is -2.89. The zero-order valence-electron chi connectivity index (χ0n) is 16.8. The molecule has 0 aromatic rings. The van der Waals surface area contributed by atoms with Crippen molar-refractivity contribution in [2.45, 2.75) is 18.9 Å². The van der Waals surface area contributed by atoms with Crippen molar-refractivity contribution < 1.29 is 54.3 Å². The zero-order chi connectivity index (χ0) is 24.0. The molecule has 0 aromatic heterocycles. The Balaban J connectivity index is 5.44. The van der Waals surface area contributed by atoms with E-state index in [0.29, 0.717) is 6.29 Å². The lowest BCUT2D eigenvalue weighted by atomic mass is 10.1. The van der Waals surface area contributed by atoms with Gasteiger partial charge in [0.2, 0.25) is 0 Å². The van der Waals surface area contributed by atoms with Crippen LogP contribution in [0.1, 0.15) is 12.8 Å². The Labute approximate surface area is 177 Å². The molecule has 0 rings (SSSR count). The molecule has 0 aliphatic carbocycles. The molecule has 0 aromatic carbocycles. The number of aldehydes is 1. The second kappa shape index (κ2) is 14.8. The van der Waals surface area contributed by atoms with Crippen molar-refractivity contribution in [3.63, 3.8) is 0 Å². The molecule has 1 atom stereocenters. The van der Waals surface area contributed by atoms with Gasteiger partial charge in [0.05, 0.1) is 26.2 Å². The van der Waals surface area contributed by atoms with Crippen LogP contribution >= 0.6 is 0 Å². The molecule has 0 saturated heterocycles. The normalized spacial score (nSPS) is 12.1. The van der Waals surface area contributed by atoms with E-state index in [4.69, 9.17) is 20.4 Å². The number of rotatable bonds is 19. The van der Waals surface area contributed by atoms with Gasteiger partial charge < -0.3 is 30.3 Å². The molecule has 0 bridgehead atoms. The van der Waals surface area contributed by atoms with Crippen molar-refractivity contribution in [2.75, 3.05) is 52.4 Å². The van der Waals surface area contributed by atoms with Gasteiger partial charge in [-0.3, -0.25) is 38.7 Å². The molecule has 0 amide bonds. The summed E-state index contributed by atoms with van der Waals surface area (Å²) in [4.78, 5) is 69.6. The van der Waals surface area contributed by atoms with E-state index in [0.717, 1.165) is 9.80 Å². The van der Waals surface area contributed by atoms with Crippen LogP contribution in [-0.2, 0) is 28.8 Å². The standard InChI is InChI=1S/C17H27N3O11/c21-7-1-2-12(17(30)31)20(5-3-18(8-13(22)23)9-14(24)25)6-4-19(10-15(26)27)11-16(28)29/h7,12H,1-6,8-11H2,(H,22,23)(H,24,25)(H,26,27)(H,28,29)(H,30,31)/t12-/m0/s1. The van der Waals surface area contributed by atoms with E-state index in [1.807, 2.05) is 0 Å². The van der Waals surface area contributed by atoms with Crippen molar-refractivity contribution in [3.8, 4) is 0 Å². The predicted molar refractivity (Wildman–Crippen MR) is 102 cm³/mol. The van der Waals surface area contributed by atoms with Crippen LogP contribution in [0.4, 0.5) is 0 Å². The van der Waals surface area contributed by atoms with E-state index in [2.05, 4.69) is 0 Å². The van der Waals surface area contributed by atoms with Crippen LogP contribution in [0.5, 0.6) is 0 Å². The smallest absolute Gasteiger partial charge is 0.320 e. The van der Waals surface area contributed by atoms with Crippen molar-refractivity contribution in [3.05, 3.63) is 0 Å². The lowest BCUT2D eigenvalue weighted by Gasteiger charge is -2.32. The van der Waals surface area contributed by atoms with E-state index in [1.54, 1.807) is 0 Å². The first kappa shape index (κ1) is 27.9. The summed E-state index contributed by atoms with van der Waals surface area (Å²) in [5, 5.41) is 45.2. The molecule has 0 saturated carbocycles. The Bertz CT molecular complexity index is 583. The Morgan fingerprint density at radius 3 is 1.26 bits per heavy atom. The highest BCUT2D eigenvalue weighted by molar-refractivity contribution is 5.74. The van der Waals surface area contributed by atoms with Crippen molar-refractivity contribution in [2.24, 2.45) is 0 Å². The molecule has 0 heterocycles. The highest BCUT2D eigenvalue weighted by Crippen LogP contribution is 2.09. The number of aliphatic carboxylic acids is 5. The molecule has 14 heteroatoms. The Hall–Kier alpha value is -3.10. The highest BCUT2D eigenvalue weighted by atomic mass is 16.4. The van der Waals surface area contributed by atoms with Crippen LogP contribution < -0.4 is 0 Å².